The summed E-state index contributed by atoms with van der Waals surface area (Å²) in [5.41, 5.74) is 4.14. The van der Waals surface area contributed by atoms with Crippen LogP contribution in [0.4, 0.5) is 11.4 Å². The number of benzene rings is 2. The van der Waals surface area contributed by atoms with Crippen molar-refractivity contribution < 1.29 is 19.1 Å². The Morgan fingerprint density at radius 3 is 2.32 bits per heavy atom. The van der Waals surface area contributed by atoms with Gasteiger partial charge in [-0.25, -0.2) is 4.90 Å². The molecule has 6 heteroatoms. The van der Waals surface area contributed by atoms with E-state index in [-0.39, 0.29) is 23.6 Å². The van der Waals surface area contributed by atoms with Gasteiger partial charge in [0, 0.05) is 11.3 Å². The molecule has 0 unspecified atom stereocenters. The second kappa shape index (κ2) is 6.80. The van der Waals surface area contributed by atoms with Gasteiger partial charge in [-0.3, -0.25) is 14.4 Å². The van der Waals surface area contributed by atoms with E-state index in [0.717, 1.165) is 22.4 Å². The smallest absolute Gasteiger partial charge is 0.240 e. The first kappa shape index (κ1) is 19.5. The number of anilines is 2. The van der Waals surface area contributed by atoms with Crippen molar-refractivity contribution in [2.45, 2.75) is 32.9 Å². The number of para-hydroxylation sites is 1. The van der Waals surface area contributed by atoms with Crippen LogP contribution in [0.5, 0.6) is 5.75 Å². The number of ether oxygens (including phenoxy) is 1. The number of nitrogens with zero attached hydrogens (tertiary/aromatic N) is 2. The van der Waals surface area contributed by atoms with Crippen molar-refractivity contribution in [1.82, 2.24) is 0 Å². The van der Waals surface area contributed by atoms with Gasteiger partial charge in [-0.05, 0) is 50.1 Å². The van der Waals surface area contributed by atoms with Gasteiger partial charge < -0.3 is 9.64 Å². The maximum absolute atomic E-state index is 13.7. The Kier molecular flexibility index (Phi) is 4.29. The van der Waals surface area contributed by atoms with E-state index >= 15 is 0 Å². The summed E-state index contributed by atoms with van der Waals surface area (Å²) in [5.74, 6) is -1.20. The summed E-state index contributed by atoms with van der Waals surface area (Å²) in [6.45, 7) is 5.30. The van der Waals surface area contributed by atoms with Crippen molar-refractivity contribution in [2.24, 2.45) is 11.8 Å². The van der Waals surface area contributed by atoms with Crippen molar-refractivity contribution in [3.05, 3.63) is 59.2 Å². The van der Waals surface area contributed by atoms with E-state index in [4.69, 9.17) is 4.74 Å². The Balaban J connectivity index is 1.63. The first-order chi connectivity index (χ1) is 14.8. The average Bonchev–Trinajstić information content (AvgIpc) is 3.22. The monoisotopic (exact) mass is 416 g/mol. The fourth-order valence-corrected chi connectivity index (χ4v) is 5.52. The van der Waals surface area contributed by atoms with Crippen molar-refractivity contribution in [3.8, 4) is 5.75 Å². The van der Waals surface area contributed by atoms with Crippen LogP contribution in [0, 0.1) is 25.7 Å². The molecule has 3 heterocycles. The van der Waals surface area contributed by atoms with Gasteiger partial charge in [0.2, 0.25) is 11.8 Å². The minimum atomic E-state index is -0.702. The van der Waals surface area contributed by atoms with Crippen molar-refractivity contribution >= 4 is 35.0 Å². The lowest BCUT2D eigenvalue weighted by Gasteiger charge is -2.36. The Labute approximate surface area is 181 Å². The number of carbonyl (C=O) groups excluding carboxylic acids is 3. The lowest BCUT2D eigenvalue weighted by Crippen LogP contribution is -2.48. The van der Waals surface area contributed by atoms with Crippen LogP contribution < -0.4 is 14.5 Å². The molecule has 0 bridgehead atoms. The van der Waals surface area contributed by atoms with Gasteiger partial charge in [0.1, 0.15) is 11.8 Å². The zero-order valence-electron chi connectivity index (χ0n) is 18.0. The van der Waals surface area contributed by atoms with E-state index in [1.54, 1.807) is 7.11 Å². The molecule has 2 saturated heterocycles. The molecule has 0 saturated carbocycles. The average molecular weight is 416 g/mol. The SMILES string of the molecule is COc1ccc2c(c1)C=C[C@H]1[C@H]3C(=O)N(c4c(C)cccc4C)C(=O)[C@@H]3[C@H](C(C)=O)N21. The number of methoxy groups -OCH3 is 1. The van der Waals surface area contributed by atoms with Gasteiger partial charge in [-0.1, -0.05) is 30.4 Å². The highest BCUT2D eigenvalue weighted by Crippen LogP contribution is 2.50. The standard InChI is InChI=1S/C25H24N2O4/c1-13-6-5-7-14(2)22(13)27-24(29)20-19-10-8-16-12-17(31-4)9-11-18(16)26(19)23(15(3)28)21(20)25(27)30/h5-12,19-21,23H,1-4H3/t19-,20+,21-,23-/m0/s1. The molecule has 2 amide bonds. The van der Waals surface area contributed by atoms with Crippen LogP contribution >= 0.6 is 0 Å². The molecular weight excluding hydrogens is 392 g/mol. The van der Waals surface area contributed by atoms with Gasteiger partial charge in [-0.2, -0.15) is 0 Å². The molecule has 3 aliphatic rings. The van der Waals surface area contributed by atoms with Gasteiger partial charge in [0.15, 0.2) is 5.78 Å². The van der Waals surface area contributed by atoms with Gasteiger partial charge in [0.05, 0.1) is 30.7 Å². The van der Waals surface area contributed by atoms with Crippen LogP contribution in [0.15, 0.2) is 42.5 Å². The summed E-state index contributed by atoms with van der Waals surface area (Å²) < 4.78 is 5.33. The molecular formula is C25H24N2O4. The molecule has 0 radical (unpaired) electrons. The molecule has 4 atom stereocenters. The predicted molar refractivity (Wildman–Crippen MR) is 118 cm³/mol. The highest BCUT2D eigenvalue weighted by atomic mass is 16.5. The highest BCUT2D eigenvalue weighted by molar-refractivity contribution is 6.25. The van der Waals surface area contributed by atoms with Crippen LogP contribution in [-0.2, 0) is 14.4 Å². The van der Waals surface area contributed by atoms with E-state index < -0.39 is 17.9 Å². The van der Waals surface area contributed by atoms with E-state index in [9.17, 15) is 14.4 Å². The Bertz CT molecular complexity index is 1150. The lowest BCUT2D eigenvalue weighted by atomic mass is 9.88. The third-order valence-corrected chi connectivity index (χ3v) is 6.79. The number of hydrogen-bond acceptors (Lipinski definition) is 5. The minimum absolute atomic E-state index is 0.112. The second-order valence-corrected chi connectivity index (χ2v) is 8.54. The molecule has 6 nitrogen and oxygen atoms in total. The van der Waals surface area contributed by atoms with E-state index in [1.807, 2.05) is 67.3 Å². The molecule has 158 valence electrons. The summed E-state index contributed by atoms with van der Waals surface area (Å²) in [6.07, 6.45) is 3.90. The number of Topliss-reactive ketones (excluding diaryl/α,β-unsaturated/α-hetero) is 1. The molecule has 5 rings (SSSR count). The largest absolute Gasteiger partial charge is 0.497 e. The number of imide groups is 1. The summed E-state index contributed by atoms with van der Waals surface area (Å²) in [7, 11) is 1.61. The fourth-order valence-electron chi connectivity index (χ4n) is 5.52. The first-order valence-corrected chi connectivity index (χ1v) is 10.4. The molecule has 0 aromatic heterocycles. The number of ketones is 1. The molecule has 0 N–H and O–H groups in total. The van der Waals surface area contributed by atoms with Gasteiger partial charge in [0.25, 0.3) is 0 Å². The number of fused-ring (bicyclic) bond motifs is 5. The predicted octanol–water partition coefficient (Wildman–Crippen LogP) is 3.29. The highest BCUT2D eigenvalue weighted by Gasteiger charge is 2.63. The fraction of sp³-hybridized carbons (Fsp3) is 0.320. The molecule has 31 heavy (non-hydrogen) atoms. The number of carbonyl (C=O) groups is 3. The topological polar surface area (TPSA) is 66.9 Å². The summed E-state index contributed by atoms with van der Waals surface area (Å²) in [4.78, 5) is 43.4. The summed E-state index contributed by atoms with van der Waals surface area (Å²) >= 11 is 0. The van der Waals surface area contributed by atoms with Crippen molar-refractivity contribution in [2.75, 3.05) is 16.9 Å². The van der Waals surface area contributed by atoms with Crippen LogP contribution in [0.2, 0.25) is 0 Å². The van der Waals surface area contributed by atoms with Crippen LogP contribution in [0.3, 0.4) is 0 Å². The normalized spacial score (nSPS) is 26.1. The van der Waals surface area contributed by atoms with Crippen molar-refractivity contribution in [1.29, 1.82) is 0 Å². The first-order valence-electron chi connectivity index (χ1n) is 10.4. The molecule has 0 spiro atoms. The molecule has 2 aromatic rings. The van der Waals surface area contributed by atoms with Crippen LogP contribution in [-0.4, -0.2) is 36.8 Å². The zero-order chi connectivity index (χ0) is 22.0. The van der Waals surface area contributed by atoms with E-state index in [1.165, 1.54) is 11.8 Å². The maximum atomic E-state index is 13.7. The number of amides is 2. The lowest BCUT2D eigenvalue weighted by molar-refractivity contribution is -0.126. The van der Waals surface area contributed by atoms with Crippen molar-refractivity contribution in [3.63, 3.8) is 0 Å². The van der Waals surface area contributed by atoms with Gasteiger partial charge in [-0.15, -0.1) is 0 Å². The quantitative estimate of drug-likeness (QED) is 0.719. The third kappa shape index (κ3) is 2.60. The molecule has 2 fully saturated rings. The minimum Gasteiger partial charge on any atom is -0.497 e. The third-order valence-electron chi connectivity index (χ3n) is 6.79. The Morgan fingerprint density at radius 1 is 1.00 bits per heavy atom. The number of rotatable bonds is 3. The summed E-state index contributed by atoms with van der Waals surface area (Å²) in [5, 5.41) is 0. The maximum Gasteiger partial charge on any atom is 0.240 e. The van der Waals surface area contributed by atoms with E-state index in [0.29, 0.717) is 11.4 Å². The number of aryl methyl sites for hydroxylation is 2. The van der Waals surface area contributed by atoms with E-state index in [2.05, 4.69) is 0 Å². The van der Waals surface area contributed by atoms with Crippen LogP contribution in [0.25, 0.3) is 6.08 Å². The second-order valence-electron chi connectivity index (χ2n) is 8.54. The van der Waals surface area contributed by atoms with Gasteiger partial charge >= 0.3 is 0 Å². The Morgan fingerprint density at radius 2 is 1.68 bits per heavy atom. The Hall–Kier alpha value is -3.41. The molecule has 0 aliphatic carbocycles. The van der Waals surface area contributed by atoms with Crippen LogP contribution in [0.1, 0.15) is 23.6 Å². The molecule has 3 aliphatic heterocycles. The number of hydrogen-bond donors (Lipinski definition) is 0. The molecule has 2 aromatic carbocycles. The zero-order valence-corrected chi connectivity index (χ0v) is 18.0. The summed E-state index contributed by atoms with van der Waals surface area (Å²) in [6, 6.07) is 10.3.